The zero-order valence-corrected chi connectivity index (χ0v) is 31.0. The lowest BCUT2D eigenvalue weighted by Crippen LogP contribution is -2.06. The Morgan fingerprint density at radius 1 is 0.362 bits per heavy atom. The molecule has 0 aliphatic carbocycles. The highest BCUT2D eigenvalue weighted by Gasteiger charge is 2.21. The highest BCUT2D eigenvalue weighted by Crippen LogP contribution is 2.43. The van der Waals surface area contributed by atoms with Crippen molar-refractivity contribution in [2.75, 3.05) is 0 Å². The highest BCUT2D eigenvalue weighted by atomic mass is 16.3. The minimum Gasteiger partial charge on any atom is -0.456 e. The van der Waals surface area contributed by atoms with Gasteiger partial charge in [-0.15, -0.1) is 0 Å². The largest absolute Gasteiger partial charge is 0.456 e. The van der Waals surface area contributed by atoms with Gasteiger partial charge in [0, 0.05) is 60.0 Å². The van der Waals surface area contributed by atoms with Crippen LogP contribution < -0.4 is 0 Å². The smallest absolute Gasteiger partial charge is 0.238 e. The van der Waals surface area contributed by atoms with Crippen molar-refractivity contribution in [1.82, 2.24) is 24.5 Å². The number of pyridine rings is 1. The number of hydrogen-bond donors (Lipinski definition) is 0. The molecule has 0 radical (unpaired) electrons. The molecule has 4 heterocycles. The van der Waals surface area contributed by atoms with Crippen LogP contribution in [0.1, 0.15) is 0 Å². The van der Waals surface area contributed by atoms with E-state index in [1.165, 1.54) is 0 Å². The molecule has 6 nitrogen and oxygen atoms in total. The molecule has 0 atom stereocenters. The molecule has 6 heteroatoms. The summed E-state index contributed by atoms with van der Waals surface area (Å²) >= 11 is 0. The summed E-state index contributed by atoms with van der Waals surface area (Å²) in [5, 5.41) is 7.76. The maximum absolute atomic E-state index is 6.42. The predicted octanol–water partition coefficient (Wildman–Crippen LogP) is 13.2. The van der Waals surface area contributed by atoms with Crippen LogP contribution in [-0.4, -0.2) is 24.5 Å². The number of nitrogens with zero attached hydrogens (tertiary/aromatic N) is 5. The van der Waals surface area contributed by atoms with Gasteiger partial charge in [-0.25, -0.2) is 9.97 Å². The summed E-state index contributed by atoms with van der Waals surface area (Å²) in [7, 11) is 0. The quantitative estimate of drug-likeness (QED) is 0.164. The second kappa shape index (κ2) is 12.8. The first kappa shape index (κ1) is 32.3. The molecule has 0 spiro atoms. The standard InChI is InChI=1S/C52H31N5O/c1-3-15-32(16-4-1)48-41-29-30-45-47(39-23-9-12-28-44(39)58-45)46(41)40-25-14-24-36(49(40)53-48)34-19-13-20-35(31-34)51-54-50(33-17-5-2-6-18-33)55-52(56-51)57-42-26-10-7-21-37(42)38-22-8-11-27-43(38)57/h1-31H. The van der Waals surface area contributed by atoms with E-state index in [0.29, 0.717) is 17.6 Å². The van der Waals surface area contributed by atoms with Gasteiger partial charge in [0.2, 0.25) is 5.95 Å². The Kier molecular flexibility index (Phi) is 7.13. The Bertz CT molecular complexity index is 3520. The zero-order valence-electron chi connectivity index (χ0n) is 31.0. The lowest BCUT2D eigenvalue weighted by Gasteiger charge is -2.15. The Balaban J connectivity index is 1.11. The molecule has 0 unspecified atom stereocenters. The van der Waals surface area contributed by atoms with Crippen LogP contribution in [0.2, 0.25) is 0 Å². The van der Waals surface area contributed by atoms with Crippen LogP contribution >= 0.6 is 0 Å². The van der Waals surface area contributed by atoms with Gasteiger partial charge < -0.3 is 4.42 Å². The fourth-order valence-corrected chi connectivity index (χ4v) is 8.65. The Labute approximate surface area is 332 Å². The lowest BCUT2D eigenvalue weighted by atomic mass is 9.93. The van der Waals surface area contributed by atoms with E-state index in [1.54, 1.807) is 0 Å². The molecule has 8 aromatic carbocycles. The van der Waals surface area contributed by atoms with Crippen LogP contribution in [0.3, 0.4) is 0 Å². The van der Waals surface area contributed by atoms with Crippen LogP contribution in [-0.2, 0) is 0 Å². The van der Waals surface area contributed by atoms with Gasteiger partial charge in [-0.1, -0.05) is 152 Å². The lowest BCUT2D eigenvalue weighted by molar-refractivity contribution is 0.669. The molecule has 0 bridgehead atoms. The van der Waals surface area contributed by atoms with E-state index in [9.17, 15) is 0 Å². The molecular formula is C52H31N5O. The number of furan rings is 1. The number of aromatic nitrogens is 5. The van der Waals surface area contributed by atoms with Gasteiger partial charge >= 0.3 is 0 Å². The van der Waals surface area contributed by atoms with Crippen LogP contribution in [0.5, 0.6) is 0 Å². The topological polar surface area (TPSA) is 69.6 Å². The second-order valence-electron chi connectivity index (χ2n) is 14.6. The average molecular weight is 742 g/mol. The minimum atomic E-state index is 0.564. The summed E-state index contributed by atoms with van der Waals surface area (Å²) in [5.41, 5.74) is 10.5. The van der Waals surface area contributed by atoms with E-state index in [1.807, 2.05) is 48.5 Å². The predicted molar refractivity (Wildman–Crippen MR) is 236 cm³/mol. The van der Waals surface area contributed by atoms with Crippen LogP contribution in [0.4, 0.5) is 0 Å². The summed E-state index contributed by atoms with van der Waals surface area (Å²) in [6.45, 7) is 0. The number of hydrogen-bond acceptors (Lipinski definition) is 5. The molecule has 4 aromatic heterocycles. The fraction of sp³-hybridized carbons (Fsp3) is 0. The number of rotatable bonds is 5. The third kappa shape index (κ3) is 4.98. The molecule has 0 aliphatic heterocycles. The van der Waals surface area contributed by atoms with Crippen molar-refractivity contribution in [3.63, 3.8) is 0 Å². The van der Waals surface area contributed by atoms with Crippen LogP contribution in [0, 0.1) is 0 Å². The van der Waals surface area contributed by atoms with Gasteiger partial charge in [-0.3, -0.25) is 4.57 Å². The molecule has 270 valence electrons. The molecule has 0 saturated carbocycles. The Morgan fingerprint density at radius 2 is 0.948 bits per heavy atom. The first-order valence-electron chi connectivity index (χ1n) is 19.4. The summed E-state index contributed by atoms with van der Waals surface area (Å²) in [5.74, 6) is 1.76. The van der Waals surface area contributed by atoms with E-state index in [0.717, 1.165) is 98.9 Å². The zero-order chi connectivity index (χ0) is 38.2. The van der Waals surface area contributed by atoms with Gasteiger partial charge in [0.1, 0.15) is 11.2 Å². The maximum atomic E-state index is 6.42. The van der Waals surface area contributed by atoms with Crippen LogP contribution in [0.25, 0.3) is 117 Å². The van der Waals surface area contributed by atoms with Gasteiger partial charge in [0.25, 0.3) is 0 Å². The summed E-state index contributed by atoms with van der Waals surface area (Å²) in [6, 6.07) is 64.9. The van der Waals surface area contributed by atoms with Gasteiger partial charge in [0.15, 0.2) is 11.6 Å². The van der Waals surface area contributed by atoms with Gasteiger partial charge in [0.05, 0.1) is 22.2 Å². The van der Waals surface area contributed by atoms with Crippen molar-refractivity contribution >= 4 is 65.4 Å². The first-order valence-corrected chi connectivity index (χ1v) is 19.4. The van der Waals surface area contributed by atoms with E-state index in [2.05, 4.69) is 144 Å². The number of para-hydroxylation sites is 4. The third-order valence-electron chi connectivity index (χ3n) is 11.2. The minimum absolute atomic E-state index is 0.564. The molecule has 0 amide bonds. The van der Waals surface area contributed by atoms with Gasteiger partial charge in [-0.05, 0) is 42.0 Å². The van der Waals surface area contributed by atoms with Gasteiger partial charge in [-0.2, -0.15) is 9.97 Å². The van der Waals surface area contributed by atoms with E-state index < -0.39 is 0 Å². The van der Waals surface area contributed by atoms with E-state index in [4.69, 9.17) is 24.4 Å². The second-order valence-corrected chi connectivity index (χ2v) is 14.6. The maximum Gasteiger partial charge on any atom is 0.238 e. The fourth-order valence-electron chi connectivity index (χ4n) is 8.65. The van der Waals surface area contributed by atoms with Crippen molar-refractivity contribution in [3.8, 4) is 51.1 Å². The summed E-state index contributed by atoms with van der Waals surface area (Å²) < 4.78 is 8.57. The first-order chi connectivity index (χ1) is 28.8. The molecule has 0 saturated heterocycles. The SMILES string of the molecule is c1ccc(-c2nc(-c3cccc(-c4cccc5c4nc(-c4ccccc4)c4ccc6oc7ccccc7c6c45)c3)nc(-n3c4ccccc4c4ccccc43)n2)cc1. The molecule has 58 heavy (non-hydrogen) atoms. The normalized spacial score (nSPS) is 11.8. The molecule has 0 N–H and O–H groups in total. The number of fused-ring (bicyclic) bond motifs is 10. The van der Waals surface area contributed by atoms with E-state index >= 15 is 0 Å². The molecule has 0 aliphatic rings. The molecule has 0 fully saturated rings. The summed E-state index contributed by atoms with van der Waals surface area (Å²) in [6.07, 6.45) is 0. The van der Waals surface area contributed by atoms with Crippen molar-refractivity contribution in [1.29, 1.82) is 0 Å². The van der Waals surface area contributed by atoms with Crippen molar-refractivity contribution in [2.24, 2.45) is 0 Å². The number of benzene rings is 8. The Morgan fingerprint density at radius 3 is 1.71 bits per heavy atom. The third-order valence-corrected chi connectivity index (χ3v) is 11.2. The average Bonchev–Trinajstić information content (AvgIpc) is 3.85. The Hall–Kier alpha value is -7.96. The highest BCUT2D eigenvalue weighted by molar-refractivity contribution is 6.29. The molecule has 12 rings (SSSR count). The van der Waals surface area contributed by atoms with E-state index in [-0.39, 0.29) is 0 Å². The molecular weight excluding hydrogens is 711 g/mol. The van der Waals surface area contributed by atoms with Crippen molar-refractivity contribution in [2.45, 2.75) is 0 Å². The van der Waals surface area contributed by atoms with Crippen LogP contribution in [0.15, 0.2) is 192 Å². The van der Waals surface area contributed by atoms with Crippen molar-refractivity contribution in [3.05, 3.63) is 188 Å². The monoisotopic (exact) mass is 741 g/mol. The summed E-state index contributed by atoms with van der Waals surface area (Å²) in [4.78, 5) is 21.0. The van der Waals surface area contributed by atoms with Crippen molar-refractivity contribution < 1.29 is 4.42 Å². The molecule has 12 aromatic rings.